The lowest BCUT2D eigenvalue weighted by Gasteiger charge is -2.32. The molecule has 0 spiro atoms. The average Bonchev–Trinajstić information content (AvgIpc) is 2.16. The van der Waals surface area contributed by atoms with Crippen LogP contribution in [0.4, 0.5) is 4.79 Å². The zero-order valence-electron chi connectivity index (χ0n) is 10.0. The summed E-state index contributed by atoms with van der Waals surface area (Å²) in [5.41, 5.74) is -1.25. The molecule has 1 fully saturated rings. The molecule has 1 heterocycles. The Labute approximate surface area is 101 Å². The minimum Gasteiger partial charge on any atom is -0.444 e. The van der Waals surface area contributed by atoms with Gasteiger partial charge < -0.3 is 10.1 Å². The Bertz CT molecular complexity index is 298. The molecular weight excluding hydrogens is 224 g/mol. The van der Waals surface area contributed by atoms with Gasteiger partial charge in [-0.1, -0.05) is 0 Å². The molecule has 90 valence electrons. The number of thioether (sulfide) groups is 1. The fraction of sp³-hybridized carbons (Fsp3) is 0.818. The first-order valence-corrected chi connectivity index (χ1v) is 6.53. The first-order chi connectivity index (χ1) is 7.37. The molecule has 16 heavy (non-hydrogen) atoms. The van der Waals surface area contributed by atoms with E-state index in [1.807, 2.05) is 32.5 Å². The number of carbonyl (C=O) groups excluding carboxylic acids is 1. The van der Waals surface area contributed by atoms with Crippen molar-refractivity contribution in [2.24, 2.45) is 0 Å². The highest BCUT2D eigenvalue weighted by Gasteiger charge is 2.35. The fourth-order valence-electron chi connectivity index (χ4n) is 1.48. The number of hydrogen-bond acceptors (Lipinski definition) is 4. The molecule has 4 nitrogen and oxygen atoms in total. The first kappa shape index (κ1) is 13.2. The number of rotatable bonds is 1. The number of ether oxygens (including phenoxy) is 1. The Morgan fingerprint density at radius 1 is 1.44 bits per heavy atom. The smallest absolute Gasteiger partial charge is 0.408 e. The lowest BCUT2D eigenvalue weighted by atomic mass is 9.94. The molecule has 0 unspecified atom stereocenters. The Balaban J connectivity index is 2.57. The number of hydrogen-bond donors (Lipinski definition) is 1. The van der Waals surface area contributed by atoms with Crippen molar-refractivity contribution < 1.29 is 9.53 Å². The van der Waals surface area contributed by atoms with E-state index in [0.29, 0.717) is 12.8 Å². The number of alkyl carbamates (subject to hydrolysis) is 1. The number of nitrogens with one attached hydrogen (secondary N) is 1. The molecule has 1 N–H and O–H groups in total. The molecule has 0 saturated carbocycles. The van der Waals surface area contributed by atoms with Crippen LogP contribution in [0.3, 0.4) is 0 Å². The van der Waals surface area contributed by atoms with Crippen molar-refractivity contribution >= 4 is 17.9 Å². The summed E-state index contributed by atoms with van der Waals surface area (Å²) in [5, 5.41) is 11.9. The van der Waals surface area contributed by atoms with E-state index >= 15 is 0 Å². The van der Waals surface area contributed by atoms with Crippen LogP contribution in [0, 0.1) is 11.3 Å². The van der Waals surface area contributed by atoms with Gasteiger partial charge in [0.15, 0.2) is 0 Å². The summed E-state index contributed by atoms with van der Waals surface area (Å²) in [6, 6.07) is 2.21. The van der Waals surface area contributed by atoms with Crippen LogP contribution in [0.5, 0.6) is 0 Å². The van der Waals surface area contributed by atoms with E-state index in [0.717, 1.165) is 11.5 Å². The third kappa shape index (κ3) is 3.93. The molecular formula is C11H18N2O2S. The SMILES string of the molecule is CC(C)(C)OC(=O)NC1(C#N)CCSCC1. The maximum absolute atomic E-state index is 11.6. The molecule has 0 bridgehead atoms. The quantitative estimate of drug-likeness (QED) is 0.766. The highest BCUT2D eigenvalue weighted by atomic mass is 32.2. The summed E-state index contributed by atoms with van der Waals surface area (Å²) in [4.78, 5) is 11.6. The summed E-state index contributed by atoms with van der Waals surface area (Å²) < 4.78 is 5.16. The molecule has 1 amide bonds. The zero-order chi connectivity index (χ0) is 12.2. The van der Waals surface area contributed by atoms with E-state index in [-0.39, 0.29) is 0 Å². The second-order valence-electron chi connectivity index (χ2n) is 4.93. The van der Waals surface area contributed by atoms with Crippen molar-refractivity contribution in [3.05, 3.63) is 0 Å². The topological polar surface area (TPSA) is 62.1 Å². The summed E-state index contributed by atoms with van der Waals surface area (Å²) in [7, 11) is 0. The van der Waals surface area contributed by atoms with Gasteiger partial charge in [-0.2, -0.15) is 17.0 Å². The third-order valence-electron chi connectivity index (χ3n) is 2.30. The van der Waals surface area contributed by atoms with Gasteiger partial charge in [-0.15, -0.1) is 0 Å². The maximum Gasteiger partial charge on any atom is 0.408 e. The van der Waals surface area contributed by atoms with E-state index in [4.69, 9.17) is 10.00 Å². The molecule has 0 aromatic carbocycles. The summed E-state index contributed by atoms with van der Waals surface area (Å²) in [5.74, 6) is 1.81. The lowest BCUT2D eigenvalue weighted by molar-refractivity contribution is 0.0476. The van der Waals surface area contributed by atoms with Crippen LogP contribution in [0.2, 0.25) is 0 Å². The van der Waals surface area contributed by atoms with Crippen LogP contribution >= 0.6 is 11.8 Å². The Morgan fingerprint density at radius 3 is 2.44 bits per heavy atom. The Kier molecular flexibility index (Phi) is 4.09. The van der Waals surface area contributed by atoms with Crippen LogP contribution in [0.15, 0.2) is 0 Å². The van der Waals surface area contributed by atoms with E-state index in [2.05, 4.69) is 11.4 Å². The van der Waals surface area contributed by atoms with Crippen LogP contribution < -0.4 is 5.32 Å². The number of amides is 1. The van der Waals surface area contributed by atoms with Crippen molar-refractivity contribution in [1.29, 1.82) is 5.26 Å². The van der Waals surface area contributed by atoms with E-state index in [1.54, 1.807) is 0 Å². The van der Waals surface area contributed by atoms with E-state index in [9.17, 15) is 4.79 Å². The van der Waals surface area contributed by atoms with Crippen LogP contribution in [-0.4, -0.2) is 28.7 Å². The largest absolute Gasteiger partial charge is 0.444 e. The minimum absolute atomic E-state index is 0.499. The molecule has 0 aromatic rings. The monoisotopic (exact) mass is 242 g/mol. The summed E-state index contributed by atoms with van der Waals surface area (Å²) >= 11 is 1.81. The predicted molar refractivity (Wildman–Crippen MR) is 64.3 cm³/mol. The van der Waals surface area contributed by atoms with Crippen molar-refractivity contribution in [2.45, 2.75) is 44.8 Å². The van der Waals surface area contributed by atoms with Crippen molar-refractivity contribution in [1.82, 2.24) is 5.32 Å². The summed E-state index contributed by atoms with van der Waals surface area (Å²) in [6.07, 6.45) is 0.877. The van der Waals surface area contributed by atoms with Gasteiger partial charge in [-0.3, -0.25) is 0 Å². The predicted octanol–water partition coefficient (Wildman–Crippen LogP) is 2.30. The Morgan fingerprint density at radius 2 is 2.00 bits per heavy atom. The molecule has 1 saturated heterocycles. The highest BCUT2D eigenvalue weighted by molar-refractivity contribution is 7.99. The second-order valence-corrected chi connectivity index (χ2v) is 6.16. The van der Waals surface area contributed by atoms with Gasteiger partial charge in [0.25, 0.3) is 0 Å². The second kappa shape index (κ2) is 4.96. The van der Waals surface area contributed by atoms with E-state index < -0.39 is 17.2 Å². The number of nitriles is 1. The molecule has 0 radical (unpaired) electrons. The van der Waals surface area contributed by atoms with Crippen molar-refractivity contribution in [3.63, 3.8) is 0 Å². The highest BCUT2D eigenvalue weighted by Crippen LogP contribution is 2.26. The number of nitrogens with zero attached hydrogens (tertiary/aromatic N) is 1. The van der Waals surface area contributed by atoms with Gasteiger partial charge >= 0.3 is 6.09 Å². The van der Waals surface area contributed by atoms with Gasteiger partial charge in [0, 0.05) is 0 Å². The molecule has 0 atom stereocenters. The average molecular weight is 242 g/mol. The molecule has 5 heteroatoms. The van der Waals surface area contributed by atoms with E-state index in [1.165, 1.54) is 0 Å². The normalized spacial score (nSPS) is 19.6. The van der Waals surface area contributed by atoms with Crippen LogP contribution in [-0.2, 0) is 4.74 Å². The lowest BCUT2D eigenvalue weighted by Crippen LogP contribution is -2.51. The Hall–Kier alpha value is -0.890. The van der Waals surface area contributed by atoms with Crippen LogP contribution in [0.25, 0.3) is 0 Å². The first-order valence-electron chi connectivity index (χ1n) is 5.37. The molecule has 1 aliphatic rings. The molecule has 0 aromatic heterocycles. The fourth-order valence-corrected chi connectivity index (χ4v) is 2.67. The van der Waals surface area contributed by atoms with Crippen molar-refractivity contribution in [3.8, 4) is 6.07 Å². The van der Waals surface area contributed by atoms with Gasteiger partial charge in [0.05, 0.1) is 6.07 Å². The third-order valence-corrected chi connectivity index (χ3v) is 3.29. The van der Waals surface area contributed by atoms with Gasteiger partial charge in [0.2, 0.25) is 0 Å². The van der Waals surface area contributed by atoms with Crippen molar-refractivity contribution in [2.75, 3.05) is 11.5 Å². The molecule has 0 aliphatic carbocycles. The molecule has 1 aliphatic heterocycles. The minimum atomic E-state index is -0.729. The van der Waals surface area contributed by atoms with Gasteiger partial charge in [-0.25, -0.2) is 4.79 Å². The zero-order valence-corrected chi connectivity index (χ0v) is 10.8. The van der Waals surface area contributed by atoms with Gasteiger partial charge in [0.1, 0.15) is 11.1 Å². The molecule has 1 rings (SSSR count). The standard InChI is InChI=1S/C11H18N2O2S/c1-10(2,3)15-9(14)13-11(8-12)4-6-16-7-5-11/h4-7H2,1-3H3,(H,13,14). The van der Waals surface area contributed by atoms with Gasteiger partial charge in [-0.05, 0) is 45.1 Å². The summed E-state index contributed by atoms with van der Waals surface area (Å²) in [6.45, 7) is 5.42. The maximum atomic E-state index is 11.6. The van der Waals surface area contributed by atoms with Crippen LogP contribution in [0.1, 0.15) is 33.6 Å². The number of carbonyl (C=O) groups is 1.